The van der Waals surface area contributed by atoms with Gasteiger partial charge in [0.1, 0.15) is 0 Å². The van der Waals surface area contributed by atoms with Gasteiger partial charge < -0.3 is 16.9 Å². The minimum absolute atomic E-state index is 0. The summed E-state index contributed by atoms with van der Waals surface area (Å²) >= 11 is 5.72. The fourth-order valence-electron chi connectivity index (χ4n) is 1.92. The summed E-state index contributed by atoms with van der Waals surface area (Å²) < 4.78 is 1.14. The van der Waals surface area contributed by atoms with Crippen LogP contribution in [0.1, 0.15) is 51.9 Å². The second kappa shape index (κ2) is 12.0. The van der Waals surface area contributed by atoms with Crippen molar-refractivity contribution in [1.82, 2.24) is 0 Å². The number of rotatable bonds is 10. The van der Waals surface area contributed by atoms with Gasteiger partial charge >= 0.3 is 0 Å². The fourth-order valence-corrected chi connectivity index (χ4v) is 2.04. The van der Waals surface area contributed by atoms with Crippen LogP contribution in [0.2, 0.25) is 0 Å². The Hall–Kier alpha value is 0.540. The summed E-state index contributed by atoms with van der Waals surface area (Å²) in [5.41, 5.74) is 0. The van der Waals surface area contributed by atoms with Crippen molar-refractivity contribution in [3.05, 3.63) is 0 Å². The summed E-state index contributed by atoms with van der Waals surface area (Å²) in [5.74, 6) is 0.804. The number of unbranched alkanes of at least 4 members (excludes halogenated alkanes) is 5. The van der Waals surface area contributed by atoms with Gasteiger partial charge in [-0.15, -0.1) is 11.6 Å². The molecule has 1 nitrogen and oxygen atoms in total. The molecule has 0 spiro atoms. The Morgan fingerprint density at radius 1 is 0.812 bits per heavy atom. The van der Waals surface area contributed by atoms with Crippen LogP contribution in [0.15, 0.2) is 0 Å². The van der Waals surface area contributed by atoms with Crippen LogP contribution < -0.4 is 12.4 Å². The molecule has 0 aromatic heterocycles. The zero-order chi connectivity index (χ0) is 11.6. The Labute approximate surface area is 114 Å². The number of nitrogens with zero attached hydrogens (tertiary/aromatic N) is 1. The molecule has 3 heteroatoms. The average molecular weight is 270 g/mol. The van der Waals surface area contributed by atoms with Crippen LogP contribution in [0.3, 0.4) is 0 Å². The molecule has 100 valence electrons. The molecule has 0 saturated heterocycles. The molecule has 0 aliphatic rings. The van der Waals surface area contributed by atoms with Gasteiger partial charge in [0, 0.05) is 12.3 Å². The highest BCUT2D eigenvalue weighted by Crippen LogP contribution is 2.08. The van der Waals surface area contributed by atoms with Crippen molar-refractivity contribution in [2.45, 2.75) is 51.9 Å². The molecule has 0 atom stereocenters. The third-order valence-corrected chi connectivity index (χ3v) is 3.28. The first-order valence-electron chi connectivity index (χ1n) is 6.50. The number of quaternary nitrogens is 1. The van der Waals surface area contributed by atoms with E-state index in [1.54, 1.807) is 0 Å². The molecule has 0 aliphatic heterocycles. The summed E-state index contributed by atoms with van der Waals surface area (Å²) in [6.07, 6.45) is 9.52. The molecule has 0 heterocycles. The predicted molar refractivity (Wildman–Crippen MR) is 70.6 cm³/mol. The lowest BCUT2D eigenvalue weighted by atomic mass is 10.1. The van der Waals surface area contributed by atoms with Crippen LogP contribution in [0.4, 0.5) is 0 Å². The van der Waals surface area contributed by atoms with E-state index in [9.17, 15) is 0 Å². The van der Waals surface area contributed by atoms with E-state index < -0.39 is 0 Å². The Balaban J connectivity index is 0. The van der Waals surface area contributed by atoms with Crippen LogP contribution in [0.25, 0.3) is 0 Å². The fraction of sp³-hybridized carbons (Fsp3) is 1.00. The standard InChI is InChI=1S/C13H29ClN.ClH/c1-4-5-6-7-8-9-12-15(2,3)13-10-11-14;/h4-13H2,1-3H3;1H/q+1;/p-1. The Morgan fingerprint density at radius 2 is 1.31 bits per heavy atom. The molecule has 0 rings (SSSR count). The van der Waals surface area contributed by atoms with Gasteiger partial charge in [-0.25, -0.2) is 0 Å². The average Bonchev–Trinajstić information content (AvgIpc) is 2.20. The van der Waals surface area contributed by atoms with Crippen LogP contribution >= 0.6 is 11.6 Å². The quantitative estimate of drug-likeness (QED) is 0.316. The predicted octanol–water partition coefficient (Wildman–Crippen LogP) is 1.06. The van der Waals surface area contributed by atoms with Gasteiger partial charge in [-0.05, 0) is 12.8 Å². The monoisotopic (exact) mass is 269 g/mol. The second-order valence-corrected chi connectivity index (χ2v) is 5.57. The third-order valence-electron chi connectivity index (χ3n) is 3.01. The molecule has 16 heavy (non-hydrogen) atoms. The van der Waals surface area contributed by atoms with E-state index in [1.807, 2.05) is 0 Å². The van der Waals surface area contributed by atoms with E-state index in [-0.39, 0.29) is 12.4 Å². The van der Waals surface area contributed by atoms with Crippen molar-refractivity contribution < 1.29 is 16.9 Å². The van der Waals surface area contributed by atoms with Gasteiger partial charge in [-0.1, -0.05) is 32.6 Å². The molecule has 0 aromatic rings. The third kappa shape index (κ3) is 12.6. The number of halogens is 2. The molecule has 0 amide bonds. The highest BCUT2D eigenvalue weighted by molar-refractivity contribution is 6.17. The van der Waals surface area contributed by atoms with Gasteiger partial charge in [-0.2, -0.15) is 0 Å². The zero-order valence-electron chi connectivity index (χ0n) is 11.3. The van der Waals surface area contributed by atoms with Crippen molar-refractivity contribution in [3.63, 3.8) is 0 Å². The van der Waals surface area contributed by atoms with Crippen LogP contribution in [0, 0.1) is 0 Å². The van der Waals surface area contributed by atoms with Crippen molar-refractivity contribution >= 4 is 11.6 Å². The van der Waals surface area contributed by atoms with Crippen LogP contribution in [-0.2, 0) is 0 Å². The number of alkyl halides is 1. The van der Waals surface area contributed by atoms with Crippen LogP contribution in [-0.4, -0.2) is 37.5 Å². The first-order valence-corrected chi connectivity index (χ1v) is 7.04. The van der Waals surface area contributed by atoms with E-state index in [2.05, 4.69) is 21.0 Å². The van der Waals surface area contributed by atoms with Crippen LogP contribution in [0.5, 0.6) is 0 Å². The first-order chi connectivity index (χ1) is 7.12. The molecule has 0 aromatic carbocycles. The molecule has 0 fully saturated rings. The van der Waals surface area contributed by atoms with E-state index in [4.69, 9.17) is 11.6 Å². The molecule has 0 saturated carbocycles. The van der Waals surface area contributed by atoms with Gasteiger partial charge in [0.2, 0.25) is 0 Å². The van der Waals surface area contributed by atoms with E-state index in [1.165, 1.54) is 51.6 Å². The molecule has 0 bridgehead atoms. The normalized spacial score (nSPS) is 11.2. The summed E-state index contributed by atoms with van der Waals surface area (Å²) in [6.45, 7) is 4.80. The SMILES string of the molecule is CCCCCCCC[N+](C)(C)CCCCl.[Cl-]. The van der Waals surface area contributed by atoms with Crippen molar-refractivity contribution in [3.8, 4) is 0 Å². The van der Waals surface area contributed by atoms with Gasteiger partial charge in [0.15, 0.2) is 0 Å². The number of hydrogen-bond acceptors (Lipinski definition) is 0. The van der Waals surface area contributed by atoms with Gasteiger partial charge in [0.25, 0.3) is 0 Å². The molecule has 0 radical (unpaired) electrons. The molecule has 0 N–H and O–H groups in total. The Kier molecular flexibility index (Phi) is 14.2. The van der Waals surface area contributed by atoms with E-state index >= 15 is 0 Å². The highest BCUT2D eigenvalue weighted by atomic mass is 35.5. The largest absolute Gasteiger partial charge is 1.00 e. The lowest BCUT2D eigenvalue weighted by Gasteiger charge is -2.29. The maximum absolute atomic E-state index is 5.72. The van der Waals surface area contributed by atoms with Crippen molar-refractivity contribution in [2.75, 3.05) is 33.1 Å². The highest BCUT2D eigenvalue weighted by Gasteiger charge is 2.12. The van der Waals surface area contributed by atoms with Gasteiger partial charge in [0.05, 0.1) is 27.2 Å². The second-order valence-electron chi connectivity index (χ2n) is 5.19. The van der Waals surface area contributed by atoms with E-state index in [0.29, 0.717) is 0 Å². The minimum atomic E-state index is 0. The lowest BCUT2D eigenvalue weighted by Crippen LogP contribution is -3.00. The minimum Gasteiger partial charge on any atom is -1.00 e. The Morgan fingerprint density at radius 3 is 1.88 bits per heavy atom. The Bertz CT molecular complexity index is 138. The maximum atomic E-state index is 5.72. The smallest absolute Gasteiger partial charge is 0.0794 e. The van der Waals surface area contributed by atoms with Crippen molar-refractivity contribution in [1.29, 1.82) is 0 Å². The van der Waals surface area contributed by atoms with E-state index in [0.717, 1.165) is 16.8 Å². The molecule has 0 unspecified atom stereocenters. The molecular weight excluding hydrogens is 241 g/mol. The van der Waals surface area contributed by atoms with Crippen molar-refractivity contribution in [2.24, 2.45) is 0 Å². The summed E-state index contributed by atoms with van der Waals surface area (Å²) in [7, 11) is 4.64. The summed E-state index contributed by atoms with van der Waals surface area (Å²) in [5, 5.41) is 0. The summed E-state index contributed by atoms with van der Waals surface area (Å²) in [4.78, 5) is 0. The van der Waals surface area contributed by atoms with Gasteiger partial charge in [-0.3, -0.25) is 0 Å². The summed E-state index contributed by atoms with van der Waals surface area (Å²) in [6, 6.07) is 0. The molecular formula is C13H29Cl2N. The first kappa shape index (κ1) is 18.9. The maximum Gasteiger partial charge on any atom is 0.0794 e. The topological polar surface area (TPSA) is 0 Å². The lowest BCUT2D eigenvalue weighted by molar-refractivity contribution is -0.890. The molecule has 0 aliphatic carbocycles. The zero-order valence-corrected chi connectivity index (χ0v) is 12.8. The number of hydrogen-bond donors (Lipinski definition) is 0.